The minimum absolute atomic E-state index is 0.0829. The molecule has 2 aromatic rings. The van der Waals surface area contributed by atoms with Gasteiger partial charge in [-0.25, -0.2) is 0 Å². The highest BCUT2D eigenvalue weighted by Gasteiger charge is 2.19. The molecule has 2 N–H and O–H groups in total. The van der Waals surface area contributed by atoms with Crippen LogP contribution in [0.3, 0.4) is 0 Å². The molecule has 1 atom stereocenters. The summed E-state index contributed by atoms with van der Waals surface area (Å²) in [5, 5.41) is 14.5. The molecule has 6 nitrogen and oxygen atoms in total. The largest absolute Gasteiger partial charge is 0.323 e. The van der Waals surface area contributed by atoms with Crippen LogP contribution in [0, 0.1) is 17.0 Å². The summed E-state index contributed by atoms with van der Waals surface area (Å²) < 4.78 is 0. The van der Waals surface area contributed by atoms with Gasteiger partial charge in [0.25, 0.3) is 11.6 Å². The van der Waals surface area contributed by atoms with E-state index in [0.29, 0.717) is 29.4 Å². The number of nitro groups is 1. The van der Waals surface area contributed by atoms with Crippen molar-refractivity contribution in [2.24, 2.45) is 0 Å². The summed E-state index contributed by atoms with van der Waals surface area (Å²) in [6, 6.07) is 11.9. The molecule has 0 saturated carbocycles. The van der Waals surface area contributed by atoms with Crippen LogP contribution in [0.1, 0.15) is 18.1 Å². The molecule has 0 spiro atoms. The maximum absolute atomic E-state index is 12.3. The van der Waals surface area contributed by atoms with E-state index in [-0.39, 0.29) is 18.1 Å². The number of benzene rings is 2. The minimum Gasteiger partial charge on any atom is -0.323 e. The summed E-state index contributed by atoms with van der Waals surface area (Å²) in [4.78, 5) is 24.0. The molecule has 7 heteroatoms. The Morgan fingerprint density at radius 1 is 1.28 bits per heavy atom. The van der Waals surface area contributed by atoms with Crippen LogP contribution in [0.15, 0.2) is 42.5 Å². The molecule has 0 heterocycles. The number of carbonyl (C=O) groups excluding carboxylic acids is 1. The van der Waals surface area contributed by atoms with Gasteiger partial charge in [-0.1, -0.05) is 29.8 Å². The Morgan fingerprint density at radius 3 is 2.68 bits per heavy atom. The first-order valence-electron chi connectivity index (χ1n) is 8.02. The van der Waals surface area contributed by atoms with E-state index in [4.69, 9.17) is 11.6 Å². The first kappa shape index (κ1) is 18.9. The minimum atomic E-state index is -0.391. The number of para-hydroxylation sites is 1. The maximum atomic E-state index is 12.3. The smallest absolute Gasteiger partial charge is 0.279 e. The molecule has 0 fully saturated rings. The molecule has 2 aromatic carbocycles. The highest BCUT2D eigenvalue weighted by atomic mass is 35.5. The number of amides is 1. The van der Waals surface area contributed by atoms with E-state index in [1.807, 2.05) is 19.9 Å². The molecule has 0 saturated heterocycles. The third kappa shape index (κ3) is 5.27. The molecular formula is C18H21ClN3O3+. The fourth-order valence-corrected chi connectivity index (χ4v) is 2.74. The lowest BCUT2D eigenvalue weighted by Gasteiger charge is -2.18. The van der Waals surface area contributed by atoms with E-state index in [9.17, 15) is 14.9 Å². The Kier molecular flexibility index (Phi) is 6.50. The average Bonchev–Trinajstić information content (AvgIpc) is 2.57. The molecular weight excluding hydrogens is 342 g/mol. The van der Waals surface area contributed by atoms with Crippen LogP contribution in [0.25, 0.3) is 0 Å². The van der Waals surface area contributed by atoms with Crippen molar-refractivity contribution in [1.82, 2.24) is 0 Å². The third-order valence-corrected chi connectivity index (χ3v) is 4.25. The van der Waals surface area contributed by atoms with Gasteiger partial charge in [0.05, 0.1) is 17.0 Å². The lowest BCUT2D eigenvalue weighted by Crippen LogP contribution is -3.11. The molecule has 0 aliphatic rings. The summed E-state index contributed by atoms with van der Waals surface area (Å²) in [6.45, 7) is 5.14. The lowest BCUT2D eigenvalue weighted by atomic mass is 10.1. The van der Waals surface area contributed by atoms with Crippen LogP contribution in [0.4, 0.5) is 11.4 Å². The first-order chi connectivity index (χ1) is 11.9. The number of aryl methyl sites for hydroxylation is 1. The monoisotopic (exact) mass is 362 g/mol. The van der Waals surface area contributed by atoms with Gasteiger partial charge in [-0.05, 0) is 37.6 Å². The highest BCUT2D eigenvalue weighted by Crippen LogP contribution is 2.20. The zero-order chi connectivity index (χ0) is 18.4. The van der Waals surface area contributed by atoms with E-state index in [0.717, 1.165) is 10.5 Å². The van der Waals surface area contributed by atoms with Crippen LogP contribution in [0.2, 0.25) is 5.02 Å². The van der Waals surface area contributed by atoms with E-state index >= 15 is 0 Å². The summed E-state index contributed by atoms with van der Waals surface area (Å²) >= 11 is 5.97. The number of halogens is 1. The summed E-state index contributed by atoms with van der Waals surface area (Å²) in [5.74, 6) is -0.152. The molecule has 0 bridgehead atoms. The van der Waals surface area contributed by atoms with Gasteiger partial charge in [-0.3, -0.25) is 14.9 Å². The van der Waals surface area contributed by atoms with E-state index in [2.05, 4.69) is 5.32 Å². The first-order valence-corrected chi connectivity index (χ1v) is 8.40. The Hall–Kier alpha value is -2.44. The SMILES string of the molecule is CC[NH+](CC(=O)Nc1cc(Cl)ccc1C)Cc1ccccc1[N+](=O)[O-]. The Bertz CT molecular complexity index is 780. The predicted molar refractivity (Wildman–Crippen MR) is 98.0 cm³/mol. The predicted octanol–water partition coefficient (Wildman–Crippen LogP) is 2.60. The van der Waals surface area contributed by atoms with Gasteiger partial charge < -0.3 is 10.2 Å². The van der Waals surface area contributed by atoms with Gasteiger partial charge in [-0.15, -0.1) is 0 Å². The zero-order valence-electron chi connectivity index (χ0n) is 14.2. The molecule has 0 aromatic heterocycles. The van der Waals surface area contributed by atoms with Crippen LogP contribution in [0.5, 0.6) is 0 Å². The summed E-state index contributed by atoms with van der Waals surface area (Å²) in [5.41, 5.74) is 2.31. The van der Waals surface area contributed by atoms with Crippen LogP contribution >= 0.6 is 11.6 Å². The maximum Gasteiger partial charge on any atom is 0.279 e. The van der Waals surface area contributed by atoms with Crippen molar-refractivity contribution >= 4 is 28.9 Å². The van der Waals surface area contributed by atoms with Crippen molar-refractivity contribution in [1.29, 1.82) is 0 Å². The molecule has 2 rings (SSSR count). The van der Waals surface area contributed by atoms with Gasteiger partial charge in [-0.2, -0.15) is 0 Å². The highest BCUT2D eigenvalue weighted by molar-refractivity contribution is 6.31. The third-order valence-electron chi connectivity index (χ3n) is 4.01. The number of anilines is 1. The van der Waals surface area contributed by atoms with Crippen molar-refractivity contribution in [3.05, 3.63) is 68.7 Å². The molecule has 25 heavy (non-hydrogen) atoms. The van der Waals surface area contributed by atoms with Gasteiger partial charge in [0.1, 0.15) is 6.54 Å². The van der Waals surface area contributed by atoms with Crippen molar-refractivity contribution in [3.8, 4) is 0 Å². The van der Waals surface area contributed by atoms with E-state index < -0.39 is 4.92 Å². The Morgan fingerprint density at radius 2 is 2.00 bits per heavy atom. The number of hydrogen-bond acceptors (Lipinski definition) is 3. The van der Waals surface area contributed by atoms with Crippen LogP contribution < -0.4 is 10.2 Å². The van der Waals surface area contributed by atoms with Gasteiger partial charge in [0, 0.05) is 16.8 Å². The van der Waals surface area contributed by atoms with Crippen LogP contribution in [-0.4, -0.2) is 23.9 Å². The van der Waals surface area contributed by atoms with Crippen molar-refractivity contribution in [2.45, 2.75) is 20.4 Å². The van der Waals surface area contributed by atoms with E-state index in [1.165, 1.54) is 6.07 Å². The van der Waals surface area contributed by atoms with Gasteiger partial charge in [0.2, 0.25) is 0 Å². The van der Waals surface area contributed by atoms with Gasteiger partial charge >= 0.3 is 0 Å². The van der Waals surface area contributed by atoms with Crippen molar-refractivity contribution < 1.29 is 14.6 Å². The number of nitro benzene ring substituents is 1. The van der Waals surface area contributed by atoms with Crippen LogP contribution in [-0.2, 0) is 11.3 Å². The number of quaternary nitrogens is 1. The number of carbonyl (C=O) groups is 1. The second kappa shape index (κ2) is 8.60. The normalized spacial score (nSPS) is 11.8. The second-order valence-electron chi connectivity index (χ2n) is 5.85. The number of nitrogens with zero attached hydrogens (tertiary/aromatic N) is 1. The Labute approximate surface area is 151 Å². The molecule has 132 valence electrons. The average molecular weight is 363 g/mol. The topological polar surface area (TPSA) is 76.7 Å². The number of likely N-dealkylation sites (N-methyl/N-ethyl adjacent to an activating group) is 1. The molecule has 0 aliphatic carbocycles. The van der Waals surface area contributed by atoms with Gasteiger partial charge in [0.15, 0.2) is 6.54 Å². The quantitative estimate of drug-likeness (QED) is 0.587. The fraction of sp³-hybridized carbons (Fsp3) is 0.278. The standard InChI is InChI=1S/C18H20ClN3O3/c1-3-21(11-14-6-4-5-7-17(14)22(24)25)12-18(23)20-16-10-15(19)9-8-13(16)2/h4-10H,3,11-12H2,1-2H3,(H,20,23)/p+1. The lowest BCUT2D eigenvalue weighted by molar-refractivity contribution is -0.904. The molecule has 1 amide bonds. The second-order valence-corrected chi connectivity index (χ2v) is 6.29. The summed E-state index contributed by atoms with van der Waals surface area (Å²) in [7, 11) is 0. The molecule has 0 aliphatic heterocycles. The number of hydrogen-bond donors (Lipinski definition) is 2. The zero-order valence-corrected chi connectivity index (χ0v) is 15.0. The Balaban J connectivity index is 2.06. The van der Waals surface area contributed by atoms with E-state index in [1.54, 1.807) is 30.3 Å². The molecule has 0 radical (unpaired) electrons. The number of nitrogens with one attached hydrogen (secondary N) is 2. The number of rotatable bonds is 7. The summed E-state index contributed by atoms with van der Waals surface area (Å²) in [6.07, 6.45) is 0. The van der Waals surface area contributed by atoms with Crippen molar-refractivity contribution in [2.75, 3.05) is 18.4 Å². The molecule has 1 unspecified atom stereocenters. The fourth-order valence-electron chi connectivity index (χ4n) is 2.57. The van der Waals surface area contributed by atoms with Crippen molar-refractivity contribution in [3.63, 3.8) is 0 Å².